The molecule has 0 aliphatic rings. The number of esters is 5. The summed E-state index contributed by atoms with van der Waals surface area (Å²) in [6.45, 7) is 6.08. The highest BCUT2D eigenvalue weighted by Gasteiger charge is 2.16. The van der Waals surface area contributed by atoms with Gasteiger partial charge in [-0.15, -0.1) is 0 Å². The lowest BCUT2D eigenvalue weighted by Gasteiger charge is -2.15. The van der Waals surface area contributed by atoms with Crippen molar-refractivity contribution in [3.63, 3.8) is 0 Å². The summed E-state index contributed by atoms with van der Waals surface area (Å²) >= 11 is 0. The summed E-state index contributed by atoms with van der Waals surface area (Å²) in [6.07, 6.45) is -1.17. The van der Waals surface area contributed by atoms with Gasteiger partial charge < -0.3 is 23.7 Å². The lowest BCUT2D eigenvalue weighted by atomic mass is 10.6. The van der Waals surface area contributed by atoms with Gasteiger partial charge in [-0.2, -0.15) is 0 Å². The molecule has 0 rings (SSSR count). The molecule has 0 amide bonds. The standard InChI is InChI=1S/C8H12O6.C6H10O4/c1-5(9)12-4-8(13-6(2)10)14-7(3)11;1-5(7)9-3-4-10-6(2)8/h8H,4H2,1-3H3;3-4H2,1-2H3. The Morgan fingerprint density at radius 2 is 0.917 bits per heavy atom. The van der Waals surface area contributed by atoms with Crippen LogP contribution < -0.4 is 0 Å². The van der Waals surface area contributed by atoms with Gasteiger partial charge in [0.1, 0.15) is 13.2 Å². The second-order valence-electron chi connectivity index (χ2n) is 4.13. The van der Waals surface area contributed by atoms with Crippen LogP contribution in [0.15, 0.2) is 0 Å². The molecule has 10 heteroatoms. The lowest BCUT2D eigenvalue weighted by Crippen LogP contribution is -2.28. The Labute approximate surface area is 139 Å². The molecular formula is C14H22O10. The molecule has 0 aliphatic carbocycles. The molecule has 0 fully saturated rings. The van der Waals surface area contributed by atoms with E-state index in [2.05, 4.69) is 23.7 Å². The van der Waals surface area contributed by atoms with Crippen LogP contribution in [-0.2, 0) is 47.7 Å². The molecule has 0 aromatic carbocycles. The molecule has 0 heterocycles. The molecule has 0 aliphatic heterocycles. The van der Waals surface area contributed by atoms with Gasteiger partial charge in [-0.3, -0.25) is 24.0 Å². The van der Waals surface area contributed by atoms with E-state index in [1.54, 1.807) is 0 Å². The Kier molecular flexibility index (Phi) is 13.8. The first-order chi connectivity index (χ1) is 11.0. The van der Waals surface area contributed by atoms with Crippen molar-refractivity contribution >= 4 is 29.8 Å². The maximum absolute atomic E-state index is 10.5. The third-order valence-corrected chi connectivity index (χ3v) is 1.71. The van der Waals surface area contributed by atoms with Gasteiger partial charge >= 0.3 is 29.8 Å². The van der Waals surface area contributed by atoms with Gasteiger partial charge in [0.05, 0.1) is 0 Å². The van der Waals surface area contributed by atoms with E-state index in [0.29, 0.717) is 0 Å². The second kappa shape index (κ2) is 14.0. The van der Waals surface area contributed by atoms with Crippen LogP contribution >= 0.6 is 0 Å². The maximum atomic E-state index is 10.5. The van der Waals surface area contributed by atoms with E-state index in [0.717, 1.165) is 13.8 Å². The molecule has 0 aromatic rings. The highest BCUT2D eigenvalue weighted by Crippen LogP contribution is 1.98. The number of hydrogen-bond acceptors (Lipinski definition) is 10. The fourth-order valence-electron chi connectivity index (χ4n) is 1.02. The fourth-order valence-corrected chi connectivity index (χ4v) is 1.02. The first-order valence-corrected chi connectivity index (χ1v) is 6.79. The third kappa shape index (κ3) is 21.6. The van der Waals surface area contributed by atoms with Crippen LogP contribution in [0.1, 0.15) is 34.6 Å². The van der Waals surface area contributed by atoms with Crippen LogP contribution in [0.4, 0.5) is 0 Å². The van der Waals surface area contributed by atoms with Crippen molar-refractivity contribution in [2.75, 3.05) is 19.8 Å². The predicted molar refractivity (Wildman–Crippen MR) is 77.2 cm³/mol. The Balaban J connectivity index is 0. The molecule has 10 nitrogen and oxygen atoms in total. The normalized spacial score (nSPS) is 9.08. The molecule has 0 radical (unpaired) electrons. The quantitative estimate of drug-likeness (QED) is 0.270. The summed E-state index contributed by atoms with van der Waals surface area (Å²) in [5.41, 5.74) is 0. The average molecular weight is 350 g/mol. The maximum Gasteiger partial charge on any atom is 0.305 e. The van der Waals surface area contributed by atoms with Crippen molar-refractivity contribution in [1.29, 1.82) is 0 Å². The van der Waals surface area contributed by atoms with Gasteiger partial charge in [0.25, 0.3) is 6.29 Å². The molecule has 0 N–H and O–H groups in total. The minimum Gasteiger partial charge on any atom is -0.462 e. The van der Waals surface area contributed by atoms with Crippen LogP contribution in [0.2, 0.25) is 0 Å². The third-order valence-electron chi connectivity index (χ3n) is 1.71. The summed E-state index contributed by atoms with van der Waals surface area (Å²) in [6, 6.07) is 0. The van der Waals surface area contributed by atoms with Crippen molar-refractivity contribution in [1.82, 2.24) is 0 Å². The minimum absolute atomic E-state index is 0.134. The highest BCUT2D eigenvalue weighted by atomic mass is 16.7. The molecule has 0 bridgehead atoms. The molecule has 0 spiro atoms. The van der Waals surface area contributed by atoms with Crippen LogP contribution in [0, 0.1) is 0 Å². The number of carbonyl (C=O) groups excluding carboxylic acids is 5. The predicted octanol–water partition coefficient (Wildman–Crippen LogP) is 0.114. The number of hydrogen-bond donors (Lipinski definition) is 0. The monoisotopic (exact) mass is 350 g/mol. The van der Waals surface area contributed by atoms with E-state index in [-0.39, 0.29) is 31.8 Å². The zero-order valence-electron chi connectivity index (χ0n) is 14.3. The Hall–Kier alpha value is -2.65. The van der Waals surface area contributed by atoms with Crippen molar-refractivity contribution in [2.45, 2.75) is 40.9 Å². The van der Waals surface area contributed by atoms with Crippen molar-refractivity contribution in [3.05, 3.63) is 0 Å². The van der Waals surface area contributed by atoms with Crippen LogP contribution in [0.5, 0.6) is 0 Å². The van der Waals surface area contributed by atoms with Crippen molar-refractivity contribution < 1.29 is 47.7 Å². The Morgan fingerprint density at radius 3 is 1.17 bits per heavy atom. The van der Waals surface area contributed by atoms with Gasteiger partial charge in [0, 0.05) is 34.6 Å². The van der Waals surface area contributed by atoms with Gasteiger partial charge in [-0.05, 0) is 0 Å². The van der Waals surface area contributed by atoms with Crippen molar-refractivity contribution in [3.8, 4) is 0 Å². The van der Waals surface area contributed by atoms with E-state index in [9.17, 15) is 24.0 Å². The smallest absolute Gasteiger partial charge is 0.305 e. The second-order valence-corrected chi connectivity index (χ2v) is 4.13. The van der Waals surface area contributed by atoms with Gasteiger partial charge in [0.2, 0.25) is 0 Å². The number of rotatable bonds is 7. The van der Waals surface area contributed by atoms with Gasteiger partial charge in [0.15, 0.2) is 6.61 Å². The van der Waals surface area contributed by atoms with Crippen LogP contribution in [0.25, 0.3) is 0 Å². The molecule has 0 saturated heterocycles. The molecule has 24 heavy (non-hydrogen) atoms. The van der Waals surface area contributed by atoms with Gasteiger partial charge in [-0.25, -0.2) is 0 Å². The molecule has 0 aromatic heterocycles. The Bertz CT molecular complexity index is 411. The molecule has 0 atom stereocenters. The summed E-state index contributed by atoms with van der Waals surface area (Å²) in [5, 5.41) is 0. The van der Waals surface area contributed by atoms with E-state index in [1.807, 2.05) is 0 Å². The van der Waals surface area contributed by atoms with E-state index in [1.165, 1.54) is 20.8 Å². The minimum atomic E-state index is -1.17. The summed E-state index contributed by atoms with van der Waals surface area (Å²) in [5.74, 6) is -2.53. The first kappa shape index (κ1) is 23.6. The molecule has 0 saturated carbocycles. The summed E-state index contributed by atoms with van der Waals surface area (Å²) < 4.78 is 22.6. The van der Waals surface area contributed by atoms with Crippen molar-refractivity contribution in [2.24, 2.45) is 0 Å². The SMILES string of the molecule is CC(=O)OCC(OC(C)=O)OC(C)=O.CC(=O)OCCOC(C)=O. The highest BCUT2D eigenvalue weighted by molar-refractivity contribution is 5.68. The zero-order valence-corrected chi connectivity index (χ0v) is 14.3. The van der Waals surface area contributed by atoms with Gasteiger partial charge in [-0.1, -0.05) is 0 Å². The number of ether oxygens (including phenoxy) is 5. The molecule has 0 unspecified atom stereocenters. The molecule has 138 valence electrons. The topological polar surface area (TPSA) is 132 Å². The average Bonchev–Trinajstić information content (AvgIpc) is 2.40. The Morgan fingerprint density at radius 1 is 0.583 bits per heavy atom. The van der Waals surface area contributed by atoms with Crippen LogP contribution in [0.3, 0.4) is 0 Å². The largest absolute Gasteiger partial charge is 0.462 e. The first-order valence-electron chi connectivity index (χ1n) is 6.79. The lowest BCUT2D eigenvalue weighted by molar-refractivity contribution is -0.196. The fraction of sp³-hybridized carbons (Fsp3) is 0.643. The van der Waals surface area contributed by atoms with E-state index < -0.39 is 24.2 Å². The van der Waals surface area contributed by atoms with E-state index >= 15 is 0 Å². The van der Waals surface area contributed by atoms with Crippen LogP contribution in [-0.4, -0.2) is 56.0 Å². The molecular weight excluding hydrogens is 328 g/mol. The van der Waals surface area contributed by atoms with E-state index in [4.69, 9.17) is 0 Å². The summed E-state index contributed by atoms with van der Waals surface area (Å²) in [4.78, 5) is 51.7. The summed E-state index contributed by atoms with van der Waals surface area (Å²) in [7, 11) is 0. The number of carbonyl (C=O) groups is 5. The zero-order chi connectivity index (χ0) is 19.1.